The number of benzene rings is 1. The van der Waals surface area contributed by atoms with E-state index in [1.165, 1.54) is 13.8 Å². The van der Waals surface area contributed by atoms with E-state index in [9.17, 15) is 18.0 Å². The first-order valence-corrected chi connectivity index (χ1v) is 7.12. The minimum absolute atomic E-state index is 0.297. The summed E-state index contributed by atoms with van der Waals surface area (Å²) in [5.41, 5.74) is -0.594. The van der Waals surface area contributed by atoms with Crippen molar-refractivity contribution in [2.75, 3.05) is 0 Å². The largest absolute Gasteiger partial charge is 0.369 e. The fraction of sp³-hybridized carbons (Fsp3) is 0.143. The lowest BCUT2D eigenvalue weighted by molar-refractivity contribution is 0.0689. The van der Waals surface area contributed by atoms with Crippen LogP contribution in [0.4, 0.5) is 0 Å². The molecular formula is C14H10O7S. The fourth-order valence-electron chi connectivity index (χ4n) is 1.30. The van der Waals surface area contributed by atoms with Crippen LogP contribution < -0.4 is 0 Å². The van der Waals surface area contributed by atoms with Gasteiger partial charge in [-0.1, -0.05) is 11.8 Å². The molecule has 0 saturated carbocycles. The number of esters is 2. The Morgan fingerprint density at radius 2 is 1.36 bits per heavy atom. The second kappa shape index (κ2) is 7.27. The Morgan fingerprint density at radius 1 is 0.955 bits per heavy atom. The highest BCUT2D eigenvalue weighted by Gasteiger charge is 2.20. The third-order valence-corrected chi connectivity index (χ3v) is 3.00. The van der Waals surface area contributed by atoms with Gasteiger partial charge in [-0.05, 0) is 18.2 Å². The predicted molar refractivity (Wildman–Crippen MR) is 74.0 cm³/mol. The molecule has 1 rings (SSSR count). The van der Waals surface area contributed by atoms with E-state index < -0.39 is 27.0 Å². The zero-order valence-electron chi connectivity index (χ0n) is 11.5. The second-order valence-corrected chi connectivity index (χ2v) is 5.13. The Kier molecular flexibility index (Phi) is 5.70. The van der Waals surface area contributed by atoms with Crippen molar-refractivity contribution in [3.8, 4) is 24.1 Å². The van der Waals surface area contributed by atoms with Gasteiger partial charge in [0, 0.05) is 13.8 Å². The van der Waals surface area contributed by atoms with Gasteiger partial charge in [-0.15, -0.1) is 0 Å². The summed E-state index contributed by atoms with van der Waals surface area (Å²) in [5, 5.41) is 0. The van der Waals surface area contributed by atoms with Gasteiger partial charge < -0.3 is 9.47 Å². The van der Waals surface area contributed by atoms with E-state index in [-0.39, 0.29) is 11.1 Å². The zero-order valence-corrected chi connectivity index (χ0v) is 12.4. The lowest BCUT2D eigenvalue weighted by Crippen LogP contribution is -2.09. The summed E-state index contributed by atoms with van der Waals surface area (Å²) in [7, 11) is -4.64. The predicted octanol–water partition coefficient (Wildman–Crippen LogP) is 1.21. The Hall–Kier alpha value is -2.81. The van der Waals surface area contributed by atoms with Crippen molar-refractivity contribution in [1.29, 1.82) is 0 Å². The summed E-state index contributed by atoms with van der Waals surface area (Å²) in [6.07, 6.45) is 4.08. The molecule has 1 N–H and O–H groups in total. The normalized spacial score (nSPS) is 9.59. The van der Waals surface area contributed by atoms with E-state index in [2.05, 4.69) is 21.3 Å². The van der Waals surface area contributed by atoms with Crippen molar-refractivity contribution in [2.45, 2.75) is 18.7 Å². The van der Waals surface area contributed by atoms with Crippen LogP contribution in [-0.4, -0.2) is 24.9 Å². The van der Waals surface area contributed by atoms with Crippen LogP contribution in [0.2, 0.25) is 0 Å². The van der Waals surface area contributed by atoms with E-state index in [0.29, 0.717) is 0 Å². The summed E-state index contributed by atoms with van der Waals surface area (Å²) >= 11 is 0. The Bertz CT molecular complexity index is 777. The van der Waals surface area contributed by atoms with Gasteiger partial charge in [-0.25, -0.2) is 9.59 Å². The first-order chi connectivity index (χ1) is 10.3. The van der Waals surface area contributed by atoms with Gasteiger partial charge in [-0.2, -0.15) is 8.42 Å². The summed E-state index contributed by atoms with van der Waals surface area (Å²) in [4.78, 5) is 22.7. The first-order valence-electron chi connectivity index (χ1n) is 5.68. The number of ether oxygens (including phenoxy) is 2. The third kappa shape index (κ3) is 4.63. The maximum atomic E-state index is 11.7. The van der Waals surface area contributed by atoms with Gasteiger partial charge in [-0.3, -0.25) is 4.55 Å². The lowest BCUT2D eigenvalue weighted by atomic mass is 10.1. The van der Waals surface area contributed by atoms with Gasteiger partial charge in [0.1, 0.15) is 12.2 Å². The second-order valence-electron chi connectivity index (χ2n) is 3.70. The molecule has 0 heterocycles. The van der Waals surface area contributed by atoms with Crippen LogP contribution in [0, 0.1) is 24.1 Å². The molecule has 0 aliphatic rings. The smallest absolute Gasteiger partial charge is 0.352 e. The molecule has 0 spiro atoms. The monoisotopic (exact) mass is 322 g/mol. The summed E-state index contributed by atoms with van der Waals surface area (Å²) in [5.74, 6) is 2.64. The molecule has 0 radical (unpaired) electrons. The van der Waals surface area contributed by atoms with Crippen LogP contribution in [-0.2, 0) is 19.6 Å². The summed E-state index contributed by atoms with van der Waals surface area (Å²) in [6, 6.07) is 2.72. The van der Waals surface area contributed by atoms with Gasteiger partial charge in [0.05, 0.1) is 16.0 Å². The van der Waals surface area contributed by atoms with E-state index in [1.807, 2.05) is 12.2 Å². The van der Waals surface area contributed by atoms with Crippen LogP contribution in [0.5, 0.6) is 0 Å². The van der Waals surface area contributed by atoms with E-state index in [1.54, 1.807) is 0 Å². The van der Waals surface area contributed by atoms with Crippen LogP contribution in [0.15, 0.2) is 23.1 Å². The number of hydrogen-bond acceptors (Lipinski definition) is 6. The molecule has 0 saturated heterocycles. The topological polar surface area (TPSA) is 107 Å². The molecule has 0 fully saturated rings. The maximum Gasteiger partial charge on any atom is 0.352 e. The molecule has 1 aromatic rings. The molecule has 0 aliphatic carbocycles. The van der Waals surface area contributed by atoms with Crippen molar-refractivity contribution in [1.82, 2.24) is 0 Å². The van der Waals surface area contributed by atoms with E-state index >= 15 is 0 Å². The molecule has 0 unspecified atom stereocenters. The number of carbonyl (C=O) groups excluding carboxylic acids is 2. The van der Waals surface area contributed by atoms with Crippen LogP contribution in [0.25, 0.3) is 0 Å². The molecule has 0 aliphatic heterocycles. The standard InChI is InChI=1S/C14H10O7S/c1-3-5-20-13(15)10-7-11(14(16)21-6-4-2)9-12(8-10)22(17,18)19/h7-9H,1-2H3,(H,17,18,19). The molecule has 0 amide bonds. The molecule has 0 bridgehead atoms. The highest BCUT2D eigenvalue weighted by Crippen LogP contribution is 2.17. The SMILES string of the molecule is CC#COC(=O)c1cc(C(=O)OC#CC)cc(S(=O)(=O)O)c1. The van der Waals surface area contributed by atoms with E-state index in [0.717, 1.165) is 18.2 Å². The number of carbonyl (C=O) groups is 2. The molecule has 1 aromatic carbocycles. The first kappa shape index (κ1) is 17.2. The van der Waals surface area contributed by atoms with Gasteiger partial charge in [0.15, 0.2) is 0 Å². The van der Waals surface area contributed by atoms with Crippen molar-refractivity contribution in [3.63, 3.8) is 0 Å². The fourth-order valence-corrected chi connectivity index (χ4v) is 1.85. The summed E-state index contributed by atoms with van der Waals surface area (Å²) < 4.78 is 40.5. The molecule has 0 aromatic heterocycles. The van der Waals surface area contributed by atoms with Crippen molar-refractivity contribution in [3.05, 3.63) is 29.3 Å². The van der Waals surface area contributed by atoms with Gasteiger partial charge in [0.25, 0.3) is 10.1 Å². The Balaban J connectivity index is 3.37. The quantitative estimate of drug-likeness (QED) is 0.506. The van der Waals surface area contributed by atoms with Crippen molar-refractivity contribution in [2.24, 2.45) is 0 Å². The molecule has 8 heteroatoms. The average Bonchev–Trinajstić information content (AvgIpc) is 2.48. The van der Waals surface area contributed by atoms with Crippen LogP contribution in [0.1, 0.15) is 34.6 Å². The number of hydrogen-bond donors (Lipinski definition) is 1. The summed E-state index contributed by atoms with van der Waals surface area (Å²) in [6.45, 7) is 2.85. The minimum Gasteiger partial charge on any atom is -0.369 e. The lowest BCUT2D eigenvalue weighted by Gasteiger charge is -2.05. The van der Waals surface area contributed by atoms with Gasteiger partial charge >= 0.3 is 11.9 Å². The highest BCUT2D eigenvalue weighted by atomic mass is 32.2. The Labute approximate surface area is 127 Å². The highest BCUT2D eigenvalue weighted by molar-refractivity contribution is 7.85. The zero-order chi connectivity index (χ0) is 16.8. The van der Waals surface area contributed by atoms with Crippen molar-refractivity contribution >= 4 is 22.1 Å². The molecule has 22 heavy (non-hydrogen) atoms. The van der Waals surface area contributed by atoms with Crippen molar-refractivity contribution < 1.29 is 32.0 Å². The van der Waals surface area contributed by atoms with Crippen LogP contribution in [0.3, 0.4) is 0 Å². The maximum absolute atomic E-state index is 11.7. The number of rotatable bonds is 3. The third-order valence-electron chi connectivity index (χ3n) is 2.17. The molecular weight excluding hydrogens is 312 g/mol. The molecule has 7 nitrogen and oxygen atoms in total. The van der Waals surface area contributed by atoms with E-state index in [4.69, 9.17) is 4.55 Å². The Morgan fingerprint density at radius 3 is 1.68 bits per heavy atom. The van der Waals surface area contributed by atoms with Gasteiger partial charge in [0.2, 0.25) is 0 Å². The van der Waals surface area contributed by atoms with Crippen LogP contribution >= 0.6 is 0 Å². The average molecular weight is 322 g/mol. The minimum atomic E-state index is -4.64. The molecule has 114 valence electrons. The molecule has 0 atom stereocenters.